The molecule has 5 rings (SSSR count). The Bertz CT molecular complexity index is 1230. The normalized spacial score (nSPS) is 14.0. The Morgan fingerprint density at radius 3 is 2.54 bits per heavy atom. The highest BCUT2D eigenvalue weighted by atomic mass is 79.9. The van der Waals surface area contributed by atoms with E-state index in [9.17, 15) is 5.11 Å². The first kappa shape index (κ1) is 15.5. The largest absolute Gasteiger partial charge is 0.857 e. The van der Waals surface area contributed by atoms with Crippen molar-refractivity contribution in [2.24, 2.45) is 5.10 Å². The van der Waals surface area contributed by atoms with Crippen molar-refractivity contribution in [2.75, 3.05) is 0 Å². The molecule has 5 heteroatoms. The summed E-state index contributed by atoms with van der Waals surface area (Å²) in [6, 6.07) is 20.2. The molecule has 1 heterocycles. The van der Waals surface area contributed by atoms with Crippen LogP contribution in [0.15, 0.2) is 65.8 Å². The quantitative estimate of drug-likeness (QED) is 0.195. The minimum atomic E-state index is -0.350. The fourth-order valence-corrected chi connectivity index (χ4v) is 3.67. The van der Waals surface area contributed by atoms with Crippen LogP contribution in [-0.4, -0.2) is 15.7 Å². The molecular formula is C21H14BrN3O. The predicted molar refractivity (Wildman–Crippen MR) is 105 cm³/mol. The Morgan fingerprint density at radius 1 is 1.04 bits per heavy atom. The first-order valence-corrected chi connectivity index (χ1v) is 9.34. The summed E-state index contributed by atoms with van der Waals surface area (Å²) in [5, 5.41) is 19.2. The van der Waals surface area contributed by atoms with Crippen LogP contribution in [0.2, 0.25) is 0 Å². The van der Waals surface area contributed by atoms with Gasteiger partial charge in [0.15, 0.2) is 0 Å². The van der Waals surface area contributed by atoms with Gasteiger partial charge in [0, 0.05) is 27.7 Å². The summed E-state index contributed by atoms with van der Waals surface area (Å²) in [7, 11) is 0. The molecule has 126 valence electrons. The van der Waals surface area contributed by atoms with Gasteiger partial charge in [-0.3, -0.25) is 0 Å². The lowest BCUT2D eigenvalue weighted by Crippen LogP contribution is -2.39. The van der Waals surface area contributed by atoms with Gasteiger partial charge < -0.3 is 5.11 Å². The number of benzene rings is 3. The third kappa shape index (κ3) is 2.10. The van der Waals surface area contributed by atoms with Gasteiger partial charge in [-0.25, -0.2) is 4.98 Å². The Morgan fingerprint density at radius 2 is 1.77 bits per heavy atom. The summed E-state index contributed by atoms with van der Waals surface area (Å²) in [6.45, 7) is 1.78. The zero-order valence-corrected chi connectivity index (χ0v) is 15.6. The zero-order valence-electron chi connectivity index (χ0n) is 14.0. The maximum absolute atomic E-state index is 12.4. The second-order valence-electron chi connectivity index (χ2n) is 6.37. The predicted octanol–water partition coefficient (Wildman–Crippen LogP) is 3.63. The minimum Gasteiger partial charge on any atom is -0.857 e. The molecule has 1 unspecified atom stereocenters. The van der Waals surface area contributed by atoms with Crippen LogP contribution in [0.3, 0.4) is 0 Å². The van der Waals surface area contributed by atoms with Crippen LogP contribution in [0.5, 0.6) is 0 Å². The summed E-state index contributed by atoms with van der Waals surface area (Å²) < 4.78 is 1.76. The number of aromatic nitrogens is 2. The van der Waals surface area contributed by atoms with Gasteiger partial charge >= 0.3 is 0 Å². The minimum absolute atomic E-state index is 0.225. The molecule has 0 saturated heterocycles. The topological polar surface area (TPSA) is 52.2 Å². The van der Waals surface area contributed by atoms with Crippen molar-refractivity contribution in [3.05, 3.63) is 60.7 Å². The van der Waals surface area contributed by atoms with Crippen LogP contribution in [-0.2, 0) is 0 Å². The third-order valence-corrected chi connectivity index (χ3v) is 5.12. The van der Waals surface area contributed by atoms with Gasteiger partial charge in [0.2, 0.25) is 0 Å². The van der Waals surface area contributed by atoms with E-state index in [2.05, 4.69) is 45.3 Å². The van der Waals surface area contributed by atoms with Gasteiger partial charge in [0.1, 0.15) is 11.2 Å². The van der Waals surface area contributed by atoms with Crippen molar-refractivity contribution in [1.82, 2.24) is 4.98 Å². The number of halogens is 1. The fourth-order valence-electron chi connectivity index (χ4n) is 3.58. The van der Waals surface area contributed by atoms with Crippen LogP contribution in [0.1, 0.15) is 6.92 Å². The van der Waals surface area contributed by atoms with Gasteiger partial charge in [-0.1, -0.05) is 58.4 Å². The van der Waals surface area contributed by atoms with E-state index in [0.29, 0.717) is 0 Å². The lowest BCUT2D eigenvalue weighted by atomic mass is 10.0. The average Bonchev–Trinajstić information content (AvgIpc) is 2.97. The van der Waals surface area contributed by atoms with E-state index in [-0.39, 0.29) is 10.7 Å². The summed E-state index contributed by atoms with van der Waals surface area (Å²) in [5.74, 6) is -0.225. The van der Waals surface area contributed by atoms with Gasteiger partial charge in [0.25, 0.3) is 11.2 Å². The molecule has 4 aromatic rings. The van der Waals surface area contributed by atoms with Gasteiger partial charge in [-0.15, -0.1) is 0 Å². The van der Waals surface area contributed by atoms with Crippen LogP contribution < -0.4 is 9.78 Å². The molecule has 26 heavy (non-hydrogen) atoms. The molecule has 0 fully saturated rings. The number of para-hydroxylation sites is 2. The lowest BCUT2D eigenvalue weighted by Gasteiger charge is -2.10. The molecule has 0 aliphatic heterocycles. The number of rotatable bonds is 2. The molecule has 0 saturated carbocycles. The average molecular weight is 404 g/mol. The molecular weight excluding hydrogens is 390 g/mol. The summed E-state index contributed by atoms with van der Waals surface area (Å²) >= 11 is 3.33. The van der Waals surface area contributed by atoms with Crippen LogP contribution in [0.25, 0.3) is 44.3 Å². The highest BCUT2D eigenvalue weighted by Gasteiger charge is 2.33. The number of hydrogen-bond donors (Lipinski definition) is 0. The number of alkyl halides is 1. The fraction of sp³-hybridized carbons (Fsp3) is 0.0952. The van der Waals surface area contributed by atoms with Gasteiger partial charge in [0.05, 0.1) is 5.56 Å². The lowest BCUT2D eigenvalue weighted by molar-refractivity contribution is -0.644. The van der Waals surface area contributed by atoms with Crippen molar-refractivity contribution in [3.63, 3.8) is 0 Å². The van der Waals surface area contributed by atoms with E-state index < -0.39 is 0 Å². The maximum atomic E-state index is 12.4. The van der Waals surface area contributed by atoms with Crippen LogP contribution in [0.4, 0.5) is 0 Å². The van der Waals surface area contributed by atoms with Crippen molar-refractivity contribution in [3.8, 4) is 22.5 Å². The molecule has 0 bridgehead atoms. The maximum Gasteiger partial charge on any atom is 0.272 e. The van der Waals surface area contributed by atoms with E-state index in [1.807, 2.05) is 36.4 Å². The van der Waals surface area contributed by atoms with E-state index in [4.69, 9.17) is 4.98 Å². The van der Waals surface area contributed by atoms with E-state index in [1.54, 1.807) is 11.6 Å². The third-order valence-electron chi connectivity index (χ3n) is 4.73. The molecule has 1 atom stereocenters. The second-order valence-corrected chi connectivity index (χ2v) is 7.75. The number of nitrogens with zero attached hydrogens (tertiary/aromatic N) is 3. The Balaban J connectivity index is 1.98. The Labute approximate surface area is 158 Å². The van der Waals surface area contributed by atoms with E-state index >= 15 is 0 Å². The number of hydrogen-bond acceptors (Lipinski definition) is 3. The standard InChI is InChI=1S/C21H14BrN3O/c1-12(22)21(26)24-25-17-11-3-2-10-16(17)23-19-14-8-4-6-13-7-5-9-15(18(13)14)20(19)25/h2-12H,1H3. The molecule has 3 aromatic carbocycles. The van der Waals surface area contributed by atoms with Gasteiger partial charge in [-0.2, -0.15) is 0 Å². The second kappa shape index (κ2) is 5.61. The van der Waals surface area contributed by atoms with E-state index in [1.165, 1.54) is 0 Å². The molecule has 1 aliphatic carbocycles. The van der Waals surface area contributed by atoms with Gasteiger partial charge in [-0.05, 0) is 34.2 Å². The van der Waals surface area contributed by atoms with Crippen LogP contribution >= 0.6 is 15.9 Å². The first-order chi connectivity index (χ1) is 12.6. The molecule has 1 aromatic heterocycles. The van der Waals surface area contributed by atoms with Crippen LogP contribution in [0, 0.1) is 0 Å². The van der Waals surface area contributed by atoms with Crippen molar-refractivity contribution in [2.45, 2.75) is 11.8 Å². The van der Waals surface area contributed by atoms with Crippen molar-refractivity contribution >= 4 is 43.6 Å². The highest BCUT2D eigenvalue weighted by molar-refractivity contribution is 9.10. The highest BCUT2D eigenvalue weighted by Crippen LogP contribution is 2.44. The molecule has 0 radical (unpaired) electrons. The first-order valence-electron chi connectivity index (χ1n) is 8.42. The SMILES string of the molecule is CC(Br)/C([O-])=N/[n+]1c2c(nc3ccccc31)-c1cccc3cccc-2c13. The Hall–Kier alpha value is -2.79. The zero-order chi connectivity index (χ0) is 17.8. The molecule has 0 N–H and O–H groups in total. The molecule has 4 nitrogen and oxygen atoms in total. The smallest absolute Gasteiger partial charge is 0.272 e. The van der Waals surface area contributed by atoms with E-state index in [0.717, 1.165) is 44.3 Å². The monoisotopic (exact) mass is 403 g/mol. The van der Waals surface area contributed by atoms with Crippen molar-refractivity contribution < 1.29 is 9.78 Å². The molecule has 1 aliphatic rings. The summed E-state index contributed by atoms with van der Waals surface area (Å²) in [6.07, 6.45) is 0. The van der Waals surface area contributed by atoms with Crippen molar-refractivity contribution in [1.29, 1.82) is 0 Å². The molecule has 0 amide bonds. The summed E-state index contributed by atoms with van der Waals surface area (Å²) in [5.41, 5.74) is 5.52. The Kier molecular flexibility index (Phi) is 3.34. The summed E-state index contributed by atoms with van der Waals surface area (Å²) in [4.78, 5) is 4.55. The number of fused-ring (bicyclic) bond motifs is 4. The molecule has 0 spiro atoms.